The van der Waals surface area contributed by atoms with Crippen molar-refractivity contribution in [1.82, 2.24) is 5.32 Å². The van der Waals surface area contributed by atoms with Gasteiger partial charge in [-0.05, 0) is 49.9 Å². The van der Waals surface area contributed by atoms with Gasteiger partial charge in [-0.1, -0.05) is 18.6 Å². The van der Waals surface area contributed by atoms with Crippen LogP contribution in [0.25, 0.3) is 0 Å². The van der Waals surface area contributed by atoms with Crippen molar-refractivity contribution in [1.29, 1.82) is 0 Å². The van der Waals surface area contributed by atoms with Crippen molar-refractivity contribution in [3.05, 3.63) is 35.6 Å². The Kier molecular flexibility index (Phi) is 4.13. The molecule has 1 aliphatic carbocycles. The predicted octanol–water partition coefficient (Wildman–Crippen LogP) is 2.60. The van der Waals surface area contributed by atoms with E-state index in [1.54, 1.807) is 12.1 Å². The molecule has 0 spiro atoms. The van der Waals surface area contributed by atoms with Gasteiger partial charge in [0.25, 0.3) is 0 Å². The fourth-order valence-corrected chi connectivity index (χ4v) is 2.73. The lowest BCUT2D eigenvalue weighted by Gasteiger charge is -2.24. The summed E-state index contributed by atoms with van der Waals surface area (Å²) in [4.78, 5) is 0. The molecule has 2 nitrogen and oxygen atoms in total. The van der Waals surface area contributed by atoms with Crippen LogP contribution in [0.1, 0.15) is 37.8 Å². The Morgan fingerprint density at radius 2 is 2.29 bits per heavy atom. The van der Waals surface area contributed by atoms with Gasteiger partial charge in [0.1, 0.15) is 5.82 Å². The van der Waals surface area contributed by atoms with Crippen molar-refractivity contribution in [3.63, 3.8) is 0 Å². The summed E-state index contributed by atoms with van der Waals surface area (Å²) in [7, 11) is 0. The third-order valence-corrected chi connectivity index (χ3v) is 3.77. The van der Waals surface area contributed by atoms with Gasteiger partial charge in [0.2, 0.25) is 0 Å². The van der Waals surface area contributed by atoms with E-state index in [0.717, 1.165) is 12.1 Å². The molecule has 0 heterocycles. The fraction of sp³-hybridized carbons (Fsp3) is 0.571. The smallest absolute Gasteiger partial charge is 0.123 e. The lowest BCUT2D eigenvalue weighted by atomic mass is 10.0. The Morgan fingerprint density at radius 1 is 1.47 bits per heavy atom. The Bertz CT molecular complexity index is 367. The summed E-state index contributed by atoms with van der Waals surface area (Å²) < 4.78 is 13.1. The van der Waals surface area contributed by atoms with Crippen LogP contribution in [0.3, 0.4) is 0 Å². The summed E-state index contributed by atoms with van der Waals surface area (Å²) in [6.07, 6.45) is 3.64. The topological polar surface area (TPSA) is 38.0 Å². The summed E-state index contributed by atoms with van der Waals surface area (Å²) in [5.41, 5.74) is 6.77. The van der Waals surface area contributed by atoms with E-state index in [1.165, 1.54) is 25.3 Å². The number of nitrogens with two attached hydrogens (primary N) is 1. The number of benzene rings is 1. The molecule has 2 rings (SSSR count). The van der Waals surface area contributed by atoms with Gasteiger partial charge in [-0.15, -0.1) is 0 Å². The first-order chi connectivity index (χ1) is 8.20. The first-order valence-corrected chi connectivity index (χ1v) is 6.42. The number of hydrogen-bond donors (Lipinski definition) is 2. The van der Waals surface area contributed by atoms with Crippen LogP contribution in [0, 0.1) is 11.7 Å². The van der Waals surface area contributed by atoms with Crippen LogP contribution in [0.15, 0.2) is 24.3 Å². The van der Waals surface area contributed by atoms with Gasteiger partial charge in [-0.2, -0.15) is 0 Å². The van der Waals surface area contributed by atoms with Crippen LogP contribution in [-0.2, 0) is 0 Å². The Labute approximate surface area is 102 Å². The van der Waals surface area contributed by atoms with Crippen LogP contribution in [0.5, 0.6) is 0 Å². The molecular weight excluding hydrogens is 215 g/mol. The maximum absolute atomic E-state index is 13.1. The van der Waals surface area contributed by atoms with Gasteiger partial charge in [0.15, 0.2) is 0 Å². The molecule has 0 amide bonds. The molecule has 0 radical (unpaired) electrons. The number of rotatable bonds is 4. The third kappa shape index (κ3) is 3.05. The highest BCUT2D eigenvalue weighted by Crippen LogP contribution is 2.27. The summed E-state index contributed by atoms with van der Waals surface area (Å²) in [5, 5.41) is 3.58. The second-order valence-corrected chi connectivity index (χ2v) is 4.98. The molecule has 0 aliphatic heterocycles. The van der Waals surface area contributed by atoms with Gasteiger partial charge >= 0.3 is 0 Å². The molecule has 0 saturated heterocycles. The van der Waals surface area contributed by atoms with Gasteiger partial charge in [0, 0.05) is 12.1 Å². The standard InChI is InChI=1S/C14H21FN2/c1-10(11-4-2-6-13(15)8-11)17-14-7-3-5-12(14)9-16/h2,4,6,8,10,12,14,17H,3,5,7,9,16H2,1H3/t10-,12?,14?/m0/s1. The number of nitrogens with one attached hydrogen (secondary N) is 1. The van der Waals surface area contributed by atoms with Crippen LogP contribution in [0.4, 0.5) is 4.39 Å². The Balaban J connectivity index is 1.99. The second kappa shape index (κ2) is 5.61. The minimum absolute atomic E-state index is 0.169. The van der Waals surface area contributed by atoms with E-state index in [4.69, 9.17) is 5.73 Å². The molecule has 3 heteroatoms. The maximum atomic E-state index is 13.1. The van der Waals surface area contributed by atoms with Gasteiger partial charge < -0.3 is 11.1 Å². The average molecular weight is 236 g/mol. The minimum Gasteiger partial charge on any atom is -0.330 e. The van der Waals surface area contributed by atoms with Crippen molar-refractivity contribution in [3.8, 4) is 0 Å². The monoisotopic (exact) mass is 236 g/mol. The van der Waals surface area contributed by atoms with Gasteiger partial charge in [-0.3, -0.25) is 0 Å². The molecule has 3 atom stereocenters. The zero-order valence-corrected chi connectivity index (χ0v) is 10.3. The molecule has 0 aromatic heterocycles. The highest BCUT2D eigenvalue weighted by Gasteiger charge is 2.27. The van der Waals surface area contributed by atoms with E-state index >= 15 is 0 Å². The highest BCUT2D eigenvalue weighted by molar-refractivity contribution is 5.19. The number of hydrogen-bond acceptors (Lipinski definition) is 2. The summed E-state index contributed by atoms with van der Waals surface area (Å²) in [6, 6.07) is 7.48. The van der Waals surface area contributed by atoms with Crippen molar-refractivity contribution in [2.75, 3.05) is 6.54 Å². The lowest BCUT2D eigenvalue weighted by molar-refractivity contribution is 0.373. The molecule has 0 bridgehead atoms. The summed E-state index contributed by atoms with van der Waals surface area (Å²) in [5.74, 6) is 0.406. The molecule has 1 saturated carbocycles. The van der Waals surface area contributed by atoms with Crippen molar-refractivity contribution >= 4 is 0 Å². The maximum Gasteiger partial charge on any atom is 0.123 e. The van der Waals surface area contributed by atoms with E-state index in [-0.39, 0.29) is 11.9 Å². The van der Waals surface area contributed by atoms with E-state index in [0.29, 0.717) is 12.0 Å². The average Bonchev–Trinajstić information content (AvgIpc) is 2.76. The largest absolute Gasteiger partial charge is 0.330 e. The Morgan fingerprint density at radius 3 is 3.00 bits per heavy atom. The molecule has 3 N–H and O–H groups in total. The minimum atomic E-state index is -0.169. The summed E-state index contributed by atoms with van der Waals surface area (Å²) >= 11 is 0. The van der Waals surface area contributed by atoms with Crippen LogP contribution >= 0.6 is 0 Å². The van der Waals surface area contributed by atoms with E-state index in [9.17, 15) is 4.39 Å². The molecule has 1 aromatic carbocycles. The normalized spacial score (nSPS) is 26.1. The zero-order chi connectivity index (χ0) is 12.3. The quantitative estimate of drug-likeness (QED) is 0.843. The first kappa shape index (κ1) is 12.5. The molecular formula is C14H21FN2. The SMILES string of the molecule is C[C@H](NC1CCCC1CN)c1cccc(F)c1. The zero-order valence-electron chi connectivity index (χ0n) is 10.3. The lowest BCUT2D eigenvalue weighted by Crippen LogP contribution is -2.37. The van der Waals surface area contributed by atoms with E-state index < -0.39 is 0 Å². The fourth-order valence-electron chi connectivity index (χ4n) is 2.73. The van der Waals surface area contributed by atoms with Crippen molar-refractivity contribution in [2.45, 2.75) is 38.3 Å². The second-order valence-electron chi connectivity index (χ2n) is 4.98. The van der Waals surface area contributed by atoms with Crippen molar-refractivity contribution in [2.24, 2.45) is 11.7 Å². The molecule has 1 aromatic rings. The third-order valence-electron chi connectivity index (χ3n) is 3.77. The number of halogens is 1. The van der Waals surface area contributed by atoms with Gasteiger partial charge in [0.05, 0.1) is 0 Å². The molecule has 94 valence electrons. The van der Waals surface area contributed by atoms with Gasteiger partial charge in [-0.25, -0.2) is 4.39 Å². The van der Waals surface area contributed by atoms with Crippen molar-refractivity contribution < 1.29 is 4.39 Å². The predicted molar refractivity (Wildman–Crippen MR) is 68.1 cm³/mol. The highest BCUT2D eigenvalue weighted by atomic mass is 19.1. The van der Waals surface area contributed by atoms with E-state index in [2.05, 4.69) is 12.2 Å². The molecule has 17 heavy (non-hydrogen) atoms. The van der Waals surface area contributed by atoms with Crippen LogP contribution in [-0.4, -0.2) is 12.6 Å². The molecule has 1 aliphatic rings. The van der Waals surface area contributed by atoms with E-state index in [1.807, 2.05) is 6.07 Å². The van der Waals surface area contributed by atoms with Crippen LogP contribution < -0.4 is 11.1 Å². The Hall–Kier alpha value is -0.930. The molecule has 2 unspecified atom stereocenters. The summed E-state index contributed by atoms with van der Waals surface area (Å²) in [6.45, 7) is 2.83. The van der Waals surface area contributed by atoms with Crippen LogP contribution in [0.2, 0.25) is 0 Å². The first-order valence-electron chi connectivity index (χ1n) is 6.42. The molecule has 1 fully saturated rings.